The summed E-state index contributed by atoms with van der Waals surface area (Å²) >= 11 is 0. The third kappa shape index (κ3) is 2.95. The van der Waals surface area contributed by atoms with Crippen molar-refractivity contribution >= 4 is 11.9 Å². The summed E-state index contributed by atoms with van der Waals surface area (Å²) in [4.78, 5) is 24.8. The predicted molar refractivity (Wildman–Crippen MR) is 74.6 cm³/mol. The number of hydrogen-bond acceptors (Lipinski definition) is 3. The van der Waals surface area contributed by atoms with E-state index in [1.54, 1.807) is 0 Å². The lowest BCUT2D eigenvalue weighted by atomic mass is 9.84. The summed E-state index contributed by atoms with van der Waals surface area (Å²) in [6.45, 7) is 2.09. The van der Waals surface area contributed by atoms with Gasteiger partial charge in [-0.2, -0.15) is 0 Å². The molecule has 0 aromatic heterocycles. The Bertz CT molecular complexity index is 489. The molecule has 1 amide bonds. The van der Waals surface area contributed by atoms with Crippen LogP contribution in [0.4, 0.5) is 8.78 Å². The van der Waals surface area contributed by atoms with Crippen molar-refractivity contribution in [3.63, 3.8) is 0 Å². The van der Waals surface area contributed by atoms with Crippen LogP contribution in [0.5, 0.6) is 0 Å². The fraction of sp³-hybridized carbons (Fsp3) is 0.867. The van der Waals surface area contributed by atoms with Gasteiger partial charge in [-0.15, -0.1) is 0 Å². The van der Waals surface area contributed by atoms with E-state index in [2.05, 4.69) is 5.32 Å². The highest BCUT2D eigenvalue weighted by Gasteiger charge is 2.72. The van der Waals surface area contributed by atoms with Gasteiger partial charge in [-0.3, -0.25) is 14.5 Å². The van der Waals surface area contributed by atoms with Crippen molar-refractivity contribution in [1.82, 2.24) is 10.2 Å². The van der Waals surface area contributed by atoms with Gasteiger partial charge in [-0.1, -0.05) is 0 Å². The van der Waals surface area contributed by atoms with Crippen molar-refractivity contribution < 1.29 is 23.5 Å². The fourth-order valence-electron chi connectivity index (χ4n) is 3.14. The minimum Gasteiger partial charge on any atom is -0.480 e. The molecule has 0 aliphatic heterocycles. The molecule has 0 saturated heterocycles. The number of carbonyl (C=O) groups is 2. The van der Waals surface area contributed by atoms with E-state index in [1.165, 1.54) is 6.92 Å². The Hall–Kier alpha value is -1.24. The quantitative estimate of drug-likeness (QED) is 0.746. The Labute approximate surface area is 128 Å². The van der Waals surface area contributed by atoms with Crippen molar-refractivity contribution in [1.29, 1.82) is 0 Å². The number of aliphatic carboxylic acids is 1. The van der Waals surface area contributed by atoms with Gasteiger partial charge < -0.3 is 10.4 Å². The Kier molecular flexibility index (Phi) is 3.66. The zero-order valence-electron chi connectivity index (χ0n) is 12.6. The number of hydrogen-bond donors (Lipinski definition) is 2. The lowest BCUT2D eigenvalue weighted by Gasteiger charge is -2.43. The van der Waals surface area contributed by atoms with Gasteiger partial charge in [0.2, 0.25) is 5.91 Å². The number of carboxylic acid groups (broad SMARTS) is 1. The largest absolute Gasteiger partial charge is 0.480 e. The molecule has 0 heterocycles. The van der Waals surface area contributed by atoms with Gasteiger partial charge in [0.25, 0.3) is 5.92 Å². The van der Waals surface area contributed by atoms with Crippen molar-refractivity contribution in [2.45, 2.75) is 57.0 Å². The van der Waals surface area contributed by atoms with Crippen molar-refractivity contribution in [2.75, 3.05) is 13.1 Å². The van der Waals surface area contributed by atoms with Gasteiger partial charge in [-0.25, -0.2) is 8.78 Å². The van der Waals surface area contributed by atoms with Crippen LogP contribution in [0.15, 0.2) is 0 Å². The summed E-state index contributed by atoms with van der Waals surface area (Å²) in [5, 5.41) is 11.7. The van der Waals surface area contributed by atoms with E-state index in [-0.39, 0.29) is 25.0 Å². The lowest BCUT2D eigenvalue weighted by Crippen LogP contribution is -2.56. The summed E-state index contributed by atoms with van der Waals surface area (Å²) in [5.41, 5.74) is -1.55. The molecule has 0 aromatic carbocycles. The van der Waals surface area contributed by atoms with E-state index in [4.69, 9.17) is 5.11 Å². The predicted octanol–water partition coefficient (Wildman–Crippen LogP) is 1.48. The smallest absolute Gasteiger partial charge is 0.317 e. The van der Waals surface area contributed by atoms with Gasteiger partial charge in [0, 0.05) is 25.0 Å². The van der Waals surface area contributed by atoms with Crippen LogP contribution in [-0.2, 0) is 9.59 Å². The first-order valence-corrected chi connectivity index (χ1v) is 7.86. The molecule has 3 aliphatic rings. The first-order valence-electron chi connectivity index (χ1n) is 7.86. The van der Waals surface area contributed by atoms with Gasteiger partial charge >= 0.3 is 5.97 Å². The van der Waals surface area contributed by atoms with Gasteiger partial charge in [-0.05, 0) is 38.5 Å². The molecule has 0 spiro atoms. The number of carboxylic acids is 1. The first-order chi connectivity index (χ1) is 10.2. The molecular weight excluding hydrogens is 294 g/mol. The highest BCUT2D eigenvalue weighted by Crippen LogP contribution is 2.60. The van der Waals surface area contributed by atoms with Crippen LogP contribution in [0.3, 0.4) is 0 Å². The van der Waals surface area contributed by atoms with E-state index in [0.29, 0.717) is 18.8 Å². The second-order valence-electron chi connectivity index (χ2n) is 7.28. The molecule has 3 rings (SSSR count). The Morgan fingerprint density at radius 1 is 1.32 bits per heavy atom. The van der Waals surface area contributed by atoms with E-state index < -0.39 is 23.2 Å². The van der Waals surface area contributed by atoms with Gasteiger partial charge in [0.1, 0.15) is 5.41 Å². The maximum Gasteiger partial charge on any atom is 0.317 e. The van der Waals surface area contributed by atoms with E-state index >= 15 is 0 Å². The van der Waals surface area contributed by atoms with Crippen molar-refractivity contribution in [3.8, 4) is 0 Å². The summed E-state index contributed by atoms with van der Waals surface area (Å²) in [5.74, 6) is -3.72. The number of carbonyl (C=O) groups excluding carboxylic acids is 1. The van der Waals surface area contributed by atoms with Crippen LogP contribution < -0.4 is 5.32 Å². The minimum atomic E-state index is -2.89. The van der Waals surface area contributed by atoms with Gasteiger partial charge in [0.15, 0.2) is 0 Å². The molecular formula is C15H22F2N2O3. The molecule has 3 fully saturated rings. The Morgan fingerprint density at radius 3 is 2.36 bits per heavy atom. The number of nitrogens with zero attached hydrogens (tertiary/aromatic N) is 1. The standard InChI is InChI=1S/C15H22F2N2O3/c1-14(8-15(14,16)17)13(22)18-10-4-11(5-10)19(7-12(20)21)6-9-2-3-9/h9-11H,2-8H2,1H3,(H,18,22)(H,20,21). The van der Waals surface area contributed by atoms with E-state index in [1.807, 2.05) is 4.90 Å². The number of alkyl halides is 2. The molecule has 1 unspecified atom stereocenters. The van der Waals surface area contributed by atoms with E-state index in [0.717, 1.165) is 19.4 Å². The van der Waals surface area contributed by atoms with E-state index in [9.17, 15) is 18.4 Å². The zero-order chi connectivity index (χ0) is 16.1. The number of rotatable bonds is 7. The third-order valence-corrected chi connectivity index (χ3v) is 5.25. The molecule has 1 atom stereocenters. The second-order valence-corrected chi connectivity index (χ2v) is 7.28. The Morgan fingerprint density at radius 2 is 1.91 bits per heavy atom. The summed E-state index contributed by atoms with van der Waals surface area (Å²) in [6, 6.07) is 0.0238. The lowest BCUT2D eigenvalue weighted by molar-refractivity contribution is -0.140. The van der Waals surface area contributed by atoms with Crippen LogP contribution in [0.2, 0.25) is 0 Å². The molecule has 0 radical (unpaired) electrons. The van der Waals surface area contributed by atoms with Crippen LogP contribution in [-0.4, -0.2) is 53.0 Å². The minimum absolute atomic E-state index is 0.0115. The molecule has 3 saturated carbocycles. The zero-order valence-corrected chi connectivity index (χ0v) is 12.6. The van der Waals surface area contributed by atoms with Crippen LogP contribution in [0.1, 0.15) is 39.0 Å². The number of halogens is 2. The second kappa shape index (κ2) is 5.15. The summed E-state index contributed by atoms with van der Waals surface area (Å²) in [6.07, 6.45) is 3.21. The maximum absolute atomic E-state index is 13.2. The van der Waals surface area contributed by atoms with Crippen LogP contribution in [0, 0.1) is 11.3 Å². The van der Waals surface area contributed by atoms with Crippen molar-refractivity contribution in [3.05, 3.63) is 0 Å². The highest BCUT2D eigenvalue weighted by molar-refractivity contribution is 5.87. The topological polar surface area (TPSA) is 69.6 Å². The Balaban J connectivity index is 1.46. The molecule has 5 nitrogen and oxygen atoms in total. The molecule has 0 aromatic rings. The monoisotopic (exact) mass is 316 g/mol. The maximum atomic E-state index is 13.2. The molecule has 124 valence electrons. The molecule has 0 bridgehead atoms. The fourth-order valence-corrected chi connectivity index (χ4v) is 3.14. The average molecular weight is 316 g/mol. The molecule has 2 N–H and O–H groups in total. The molecule has 3 aliphatic carbocycles. The SMILES string of the molecule is CC1(C(=O)NC2CC(N(CC(=O)O)CC3CC3)C2)CC1(F)F. The molecule has 7 heteroatoms. The van der Waals surface area contributed by atoms with Gasteiger partial charge in [0.05, 0.1) is 6.54 Å². The normalized spacial score (nSPS) is 35.8. The first kappa shape index (κ1) is 15.6. The summed E-state index contributed by atoms with van der Waals surface area (Å²) < 4.78 is 26.3. The molecule has 22 heavy (non-hydrogen) atoms. The van der Waals surface area contributed by atoms with Crippen molar-refractivity contribution in [2.24, 2.45) is 11.3 Å². The highest BCUT2D eigenvalue weighted by atomic mass is 19.3. The van der Waals surface area contributed by atoms with Crippen LogP contribution >= 0.6 is 0 Å². The third-order valence-electron chi connectivity index (χ3n) is 5.25. The van der Waals surface area contributed by atoms with Crippen LogP contribution in [0.25, 0.3) is 0 Å². The number of amides is 1. The average Bonchev–Trinajstić information content (AvgIpc) is 3.22. The number of nitrogens with one attached hydrogen (secondary N) is 1. The summed E-state index contributed by atoms with van der Waals surface area (Å²) in [7, 11) is 0.